The molecule has 4 rings (SSSR count). The molecule has 126 valence electrons. The average Bonchev–Trinajstić information content (AvgIpc) is 3.37. The summed E-state index contributed by atoms with van der Waals surface area (Å²) in [6.07, 6.45) is 2.06. The fraction of sp³-hybridized carbons (Fsp3) is 0.421. The van der Waals surface area contributed by atoms with E-state index in [2.05, 4.69) is 25.1 Å². The number of ether oxygens (including phenoxy) is 2. The van der Waals surface area contributed by atoms with Crippen molar-refractivity contribution in [1.29, 1.82) is 0 Å². The van der Waals surface area contributed by atoms with Crippen molar-refractivity contribution in [2.24, 2.45) is 5.92 Å². The van der Waals surface area contributed by atoms with E-state index in [-0.39, 0.29) is 11.8 Å². The van der Waals surface area contributed by atoms with Crippen molar-refractivity contribution in [3.05, 3.63) is 34.7 Å². The van der Waals surface area contributed by atoms with Gasteiger partial charge in [-0.3, -0.25) is 4.79 Å². The highest BCUT2D eigenvalue weighted by Gasteiger charge is 2.34. The van der Waals surface area contributed by atoms with Gasteiger partial charge < -0.3 is 14.4 Å². The molecule has 1 saturated carbocycles. The summed E-state index contributed by atoms with van der Waals surface area (Å²) >= 11 is 1.76. The van der Waals surface area contributed by atoms with Gasteiger partial charge in [0.05, 0.1) is 13.7 Å². The molecule has 1 amide bonds. The first-order chi connectivity index (χ1) is 11.7. The molecule has 0 N–H and O–H groups in total. The number of fused-ring (bicyclic) bond motifs is 1. The lowest BCUT2D eigenvalue weighted by atomic mass is 10.1. The third kappa shape index (κ3) is 2.88. The Morgan fingerprint density at radius 1 is 1.33 bits per heavy atom. The van der Waals surface area contributed by atoms with Crippen LogP contribution in [0.25, 0.3) is 10.4 Å². The third-order valence-corrected chi connectivity index (χ3v) is 5.63. The minimum absolute atomic E-state index is 0.233. The molecular weight excluding hydrogens is 322 g/mol. The van der Waals surface area contributed by atoms with Crippen molar-refractivity contribution >= 4 is 17.2 Å². The Labute approximate surface area is 146 Å². The molecular formula is C19H21NO3S. The minimum atomic E-state index is 0.233. The van der Waals surface area contributed by atoms with Crippen LogP contribution >= 0.6 is 11.3 Å². The molecule has 1 aromatic carbocycles. The molecule has 1 aliphatic carbocycles. The zero-order valence-corrected chi connectivity index (χ0v) is 14.8. The van der Waals surface area contributed by atoms with Gasteiger partial charge in [0.15, 0.2) is 11.5 Å². The van der Waals surface area contributed by atoms with E-state index in [0.29, 0.717) is 19.7 Å². The maximum Gasteiger partial charge on any atom is 0.226 e. The Balaban J connectivity index is 1.72. The number of thiophene rings is 1. The number of hydrogen-bond acceptors (Lipinski definition) is 4. The lowest BCUT2D eigenvalue weighted by Crippen LogP contribution is -2.33. The number of aryl methyl sites for hydroxylation is 1. The first-order valence-corrected chi connectivity index (χ1v) is 9.16. The van der Waals surface area contributed by atoms with E-state index in [1.807, 2.05) is 11.0 Å². The van der Waals surface area contributed by atoms with Crippen LogP contribution in [0.1, 0.15) is 23.3 Å². The predicted octanol–water partition coefficient (Wildman–Crippen LogP) is 3.86. The maximum atomic E-state index is 12.5. The van der Waals surface area contributed by atoms with E-state index >= 15 is 0 Å². The van der Waals surface area contributed by atoms with Gasteiger partial charge in [0.1, 0.15) is 6.61 Å². The summed E-state index contributed by atoms with van der Waals surface area (Å²) in [5, 5.41) is 0. The molecule has 2 aliphatic rings. The number of carbonyl (C=O) groups is 1. The van der Waals surface area contributed by atoms with Crippen molar-refractivity contribution in [1.82, 2.24) is 4.90 Å². The van der Waals surface area contributed by atoms with Crippen molar-refractivity contribution in [2.45, 2.75) is 26.3 Å². The van der Waals surface area contributed by atoms with Crippen LogP contribution in [0.2, 0.25) is 0 Å². The third-order valence-electron chi connectivity index (χ3n) is 4.58. The van der Waals surface area contributed by atoms with Crippen LogP contribution < -0.4 is 9.47 Å². The molecule has 1 aromatic heterocycles. The van der Waals surface area contributed by atoms with Gasteiger partial charge in [-0.05, 0) is 49.6 Å². The number of methoxy groups -OCH3 is 1. The molecule has 0 atom stereocenters. The molecule has 0 unspecified atom stereocenters. The van der Waals surface area contributed by atoms with Crippen LogP contribution in [-0.2, 0) is 11.3 Å². The highest BCUT2D eigenvalue weighted by molar-refractivity contribution is 7.15. The van der Waals surface area contributed by atoms with Crippen LogP contribution in [0, 0.1) is 12.8 Å². The summed E-state index contributed by atoms with van der Waals surface area (Å²) in [5.41, 5.74) is 2.15. The van der Waals surface area contributed by atoms with Crippen molar-refractivity contribution in [2.75, 3.05) is 20.3 Å². The second-order valence-electron chi connectivity index (χ2n) is 6.46. The second kappa shape index (κ2) is 6.13. The van der Waals surface area contributed by atoms with Gasteiger partial charge in [0, 0.05) is 27.8 Å². The maximum absolute atomic E-state index is 12.5. The Morgan fingerprint density at radius 3 is 2.83 bits per heavy atom. The van der Waals surface area contributed by atoms with Gasteiger partial charge in [-0.2, -0.15) is 0 Å². The van der Waals surface area contributed by atoms with Crippen LogP contribution in [0.4, 0.5) is 0 Å². The first kappa shape index (κ1) is 15.5. The van der Waals surface area contributed by atoms with Crippen LogP contribution in [-0.4, -0.2) is 31.1 Å². The SMILES string of the molecule is COc1cc(-c2ccc(C)s2)cc2c1OCCN(C(=O)C1CC1)C2. The van der Waals surface area contributed by atoms with E-state index in [1.54, 1.807) is 18.4 Å². The molecule has 1 fully saturated rings. The number of hydrogen-bond donors (Lipinski definition) is 0. The zero-order chi connectivity index (χ0) is 16.7. The smallest absolute Gasteiger partial charge is 0.226 e. The van der Waals surface area contributed by atoms with Crippen LogP contribution in [0.5, 0.6) is 11.5 Å². The Kier molecular flexibility index (Phi) is 3.96. The number of nitrogens with zero attached hydrogens (tertiary/aromatic N) is 1. The van der Waals surface area contributed by atoms with Gasteiger partial charge in [0.2, 0.25) is 5.91 Å². The summed E-state index contributed by atoms with van der Waals surface area (Å²) in [5.74, 6) is 2.02. The van der Waals surface area contributed by atoms with Gasteiger partial charge in [0.25, 0.3) is 0 Å². The van der Waals surface area contributed by atoms with Crippen LogP contribution in [0.15, 0.2) is 24.3 Å². The van der Waals surface area contributed by atoms with Crippen LogP contribution in [0.3, 0.4) is 0 Å². The predicted molar refractivity (Wildman–Crippen MR) is 94.7 cm³/mol. The highest BCUT2D eigenvalue weighted by atomic mass is 32.1. The fourth-order valence-electron chi connectivity index (χ4n) is 3.14. The molecule has 4 nitrogen and oxygen atoms in total. The molecule has 1 aliphatic heterocycles. The van der Waals surface area contributed by atoms with E-state index in [1.165, 1.54) is 9.75 Å². The van der Waals surface area contributed by atoms with Crippen molar-refractivity contribution < 1.29 is 14.3 Å². The average molecular weight is 343 g/mol. The standard InChI is InChI=1S/C19H21NO3S/c1-12-3-6-17(24-12)14-9-15-11-20(19(21)13-4-5-13)7-8-23-18(15)16(10-14)22-2/h3,6,9-10,13H,4-5,7-8,11H2,1-2H3. The largest absolute Gasteiger partial charge is 0.493 e. The topological polar surface area (TPSA) is 38.8 Å². The van der Waals surface area contributed by atoms with Crippen molar-refractivity contribution in [3.63, 3.8) is 0 Å². The van der Waals surface area contributed by atoms with E-state index in [0.717, 1.165) is 35.5 Å². The lowest BCUT2D eigenvalue weighted by molar-refractivity contribution is -0.133. The van der Waals surface area contributed by atoms with E-state index < -0.39 is 0 Å². The molecule has 0 spiro atoms. The Bertz CT molecular complexity index is 779. The molecule has 2 aromatic rings. The zero-order valence-electron chi connectivity index (χ0n) is 14.0. The molecule has 5 heteroatoms. The molecule has 2 heterocycles. The lowest BCUT2D eigenvalue weighted by Gasteiger charge is -2.20. The molecule has 0 bridgehead atoms. The van der Waals surface area contributed by atoms with Gasteiger partial charge in [-0.15, -0.1) is 11.3 Å². The van der Waals surface area contributed by atoms with E-state index in [9.17, 15) is 4.79 Å². The molecule has 24 heavy (non-hydrogen) atoms. The second-order valence-corrected chi connectivity index (χ2v) is 7.75. The van der Waals surface area contributed by atoms with Gasteiger partial charge >= 0.3 is 0 Å². The highest BCUT2D eigenvalue weighted by Crippen LogP contribution is 2.41. The summed E-state index contributed by atoms with van der Waals surface area (Å²) in [6, 6.07) is 8.42. The fourth-order valence-corrected chi connectivity index (χ4v) is 4.00. The Morgan fingerprint density at radius 2 is 2.17 bits per heavy atom. The summed E-state index contributed by atoms with van der Waals surface area (Å²) in [6.45, 7) is 3.85. The monoisotopic (exact) mass is 343 g/mol. The van der Waals surface area contributed by atoms with Gasteiger partial charge in [-0.1, -0.05) is 0 Å². The first-order valence-electron chi connectivity index (χ1n) is 8.35. The summed E-state index contributed by atoms with van der Waals surface area (Å²) in [4.78, 5) is 16.9. The number of rotatable bonds is 3. The Hall–Kier alpha value is -2.01. The number of benzene rings is 1. The quantitative estimate of drug-likeness (QED) is 0.849. The molecule has 0 saturated heterocycles. The number of carbonyl (C=O) groups excluding carboxylic acids is 1. The number of amides is 1. The minimum Gasteiger partial charge on any atom is -0.493 e. The summed E-state index contributed by atoms with van der Waals surface area (Å²) in [7, 11) is 1.67. The van der Waals surface area contributed by atoms with Crippen molar-refractivity contribution in [3.8, 4) is 21.9 Å². The van der Waals surface area contributed by atoms with Gasteiger partial charge in [-0.25, -0.2) is 0 Å². The van der Waals surface area contributed by atoms with E-state index in [4.69, 9.17) is 9.47 Å². The summed E-state index contributed by atoms with van der Waals surface area (Å²) < 4.78 is 11.5. The normalized spacial score (nSPS) is 17.0. The molecule has 0 radical (unpaired) electrons.